The van der Waals surface area contributed by atoms with E-state index in [1.165, 1.54) is 6.07 Å². The average molecular weight is 323 g/mol. The normalized spacial score (nSPS) is 13.5. The number of imide groups is 1. The van der Waals surface area contributed by atoms with Crippen molar-refractivity contribution < 1.29 is 14.4 Å². The van der Waals surface area contributed by atoms with Crippen molar-refractivity contribution in [3.8, 4) is 0 Å². The van der Waals surface area contributed by atoms with E-state index >= 15 is 0 Å². The molecule has 22 heavy (non-hydrogen) atoms. The van der Waals surface area contributed by atoms with E-state index in [2.05, 4.69) is 12.2 Å². The zero-order valence-electron chi connectivity index (χ0n) is 12.5. The molecule has 0 aromatic heterocycles. The SMILES string of the molecule is CCCCCNC(=O)CCN1C(=O)c2ccc(Cl)cc2C1=O. The van der Waals surface area contributed by atoms with Crippen LogP contribution in [0.3, 0.4) is 0 Å². The maximum atomic E-state index is 12.2. The lowest BCUT2D eigenvalue weighted by molar-refractivity contribution is -0.121. The number of unbranched alkanes of at least 4 members (excludes halogenated alkanes) is 2. The fourth-order valence-electron chi connectivity index (χ4n) is 2.37. The van der Waals surface area contributed by atoms with Gasteiger partial charge < -0.3 is 5.32 Å². The molecule has 6 heteroatoms. The summed E-state index contributed by atoms with van der Waals surface area (Å²) in [7, 11) is 0. The summed E-state index contributed by atoms with van der Waals surface area (Å²) < 4.78 is 0. The summed E-state index contributed by atoms with van der Waals surface area (Å²) in [6.07, 6.45) is 3.21. The van der Waals surface area contributed by atoms with Gasteiger partial charge >= 0.3 is 0 Å². The Balaban J connectivity index is 1.88. The molecule has 0 atom stereocenters. The third kappa shape index (κ3) is 3.65. The minimum Gasteiger partial charge on any atom is -0.356 e. The van der Waals surface area contributed by atoms with Crippen LogP contribution in [0.4, 0.5) is 0 Å². The Bertz CT molecular complexity index is 601. The van der Waals surface area contributed by atoms with Crippen LogP contribution in [0.2, 0.25) is 5.02 Å². The maximum Gasteiger partial charge on any atom is 0.261 e. The third-order valence-electron chi connectivity index (χ3n) is 3.60. The predicted octanol–water partition coefficient (Wildman–Crippen LogP) is 2.63. The molecule has 3 amide bonds. The highest BCUT2D eigenvalue weighted by atomic mass is 35.5. The number of fused-ring (bicyclic) bond motifs is 1. The monoisotopic (exact) mass is 322 g/mol. The van der Waals surface area contributed by atoms with Gasteiger partial charge in [-0.1, -0.05) is 31.4 Å². The molecule has 0 fully saturated rings. The molecule has 0 radical (unpaired) electrons. The number of rotatable bonds is 7. The van der Waals surface area contributed by atoms with Crippen LogP contribution in [-0.4, -0.2) is 35.7 Å². The van der Waals surface area contributed by atoms with Crippen LogP contribution in [0.5, 0.6) is 0 Å². The first-order valence-electron chi connectivity index (χ1n) is 7.47. The Labute approximate surface area is 134 Å². The third-order valence-corrected chi connectivity index (χ3v) is 3.83. The molecule has 1 aliphatic heterocycles. The van der Waals surface area contributed by atoms with Gasteiger partial charge in [-0.3, -0.25) is 19.3 Å². The van der Waals surface area contributed by atoms with Crippen molar-refractivity contribution in [2.45, 2.75) is 32.6 Å². The molecule has 1 aliphatic rings. The number of carbonyl (C=O) groups is 3. The maximum absolute atomic E-state index is 12.2. The van der Waals surface area contributed by atoms with Gasteiger partial charge in [-0.05, 0) is 24.6 Å². The highest BCUT2D eigenvalue weighted by Crippen LogP contribution is 2.25. The molecule has 2 rings (SSSR count). The van der Waals surface area contributed by atoms with E-state index in [0.717, 1.165) is 24.2 Å². The van der Waals surface area contributed by atoms with Crippen LogP contribution in [-0.2, 0) is 4.79 Å². The van der Waals surface area contributed by atoms with Crippen molar-refractivity contribution in [2.75, 3.05) is 13.1 Å². The molecule has 0 saturated carbocycles. The van der Waals surface area contributed by atoms with Crippen LogP contribution >= 0.6 is 11.6 Å². The number of nitrogens with zero attached hydrogens (tertiary/aromatic N) is 1. The summed E-state index contributed by atoms with van der Waals surface area (Å²) in [6, 6.07) is 4.61. The van der Waals surface area contributed by atoms with E-state index in [0.29, 0.717) is 22.7 Å². The number of hydrogen-bond donors (Lipinski definition) is 1. The Kier molecular flexibility index (Phi) is 5.55. The lowest BCUT2D eigenvalue weighted by Gasteiger charge is -2.13. The summed E-state index contributed by atoms with van der Waals surface area (Å²) in [5, 5.41) is 3.20. The molecule has 0 unspecified atom stereocenters. The second-order valence-corrected chi connectivity index (χ2v) is 5.70. The van der Waals surface area contributed by atoms with E-state index in [9.17, 15) is 14.4 Å². The number of hydrogen-bond acceptors (Lipinski definition) is 3. The molecule has 118 valence electrons. The number of nitrogens with one attached hydrogen (secondary N) is 1. The van der Waals surface area contributed by atoms with Crippen molar-refractivity contribution in [3.63, 3.8) is 0 Å². The molecular weight excluding hydrogens is 304 g/mol. The summed E-state index contributed by atoms with van der Waals surface area (Å²) >= 11 is 5.85. The second-order valence-electron chi connectivity index (χ2n) is 5.26. The fourth-order valence-corrected chi connectivity index (χ4v) is 2.54. The molecule has 1 heterocycles. The molecule has 0 spiro atoms. The molecular formula is C16H19ClN2O3. The Morgan fingerprint density at radius 2 is 1.91 bits per heavy atom. The number of amides is 3. The quantitative estimate of drug-likeness (QED) is 0.620. The van der Waals surface area contributed by atoms with Gasteiger partial charge in [0.25, 0.3) is 11.8 Å². The van der Waals surface area contributed by atoms with Gasteiger partial charge in [0.15, 0.2) is 0 Å². The van der Waals surface area contributed by atoms with Gasteiger partial charge in [-0.15, -0.1) is 0 Å². The standard InChI is InChI=1S/C16H19ClN2O3/c1-2-3-4-8-18-14(20)7-9-19-15(21)12-6-5-11(17)10-13(12)16(19)22/h5-6,10H,2-4,7-9H2,1H3,(H,18,20). The smallest absolute Gasteiger partial charge is 0.261 e. The lowest BCUT2D eigenvalue weighted by Crippen LogP contribution is -2.34. The van der Waals surface area contributed by atoms with Gasteiger partial charge in [0.1, 0.15) is 0 Å². The van der Waals surface area contributed by atoms with Crippen molar-refractivity contribution in [1.82, 2.24) is 10.2 Å². The minimum atomic E-state index is -0.388. The van der Waals surface area contributed by atoms with Crippen LogP contribution in [0, 0.1) is 0 Å². The van der Waals surface area contributed by atoms with Gasteiger partial charge in [0.05, 0.1) is 11.1 Å². The first-order chi connectivity index (χ1) is 10.5. The van der Waals surface area contributed by atoms with E-state index in [1.54, 1.807) is 12.1 Å². The van der Waals surface area contributed by atoms with Gasteiger partial charge in [-0.2, -0.15) is 0 Å². The second kappa shape index (κ2) is 7.40. The molecule has 1 aromatic rings. The van der Waals surface area contributed by atoms with Crippen LogP contribution in [0.15, 0.2) is 18.2 Å². The Morgan fingerprint density at radius 3 is 2.64 bits per heavy atom. The molecule has 5 nitrogen and oxygen atoms in total. The molecule has 0 bridgehead atoms. The fraction of sp³-hybridized carbons (Fsp3) is 0.438. The minimum absolute atomic E-state index is 0.0869. The molecule has 0 saturated heterocycles. The molecule has 1 aromatic carbocycles. The number of halogens is 1. The van der Waals surface area contributed by atoms with Crippen LogP contribution in [0.1, 0.15) is 53.3 Å². The van der Waals surface area contributed by atoms with Crippen molar-refractivity contribution >= 4 is 29.3 Å². The average Bonchev–Trinajstić information content (AvgIpc) is 2.73. The van der Waals surface area contributed by atoms with E-state index in [4.69, 9.17) is 11.6 Å². The summed E-state index contributed by atoms with van der Waals surface area (Å²) in [4.78, 5) is 37.2. The van der Waals surface area contributed by atoms with Crippen LogP contribution in [0.25, 0.3) is 0 Å². The Hall–Kier alpha value is -1.88. The van der Waals surface area contributed by atoms with Gasteiger partial charge in [0.2, 0.25) is 5.91 Å². The highest BCUT2D eigenvalue weighted by molar-refractivity contribution is 6.32. The largest absolute Gasteiger partial charge is 0.356 e. The lowest BCUT2D eigenvalue weighted by atomic mass is 10.1. The topological polar surface area (TPSA) is 66.5 Å². The van der Waals surface area contributed by atoms with Crippen molar-refractivity contribution in [3.05, 3.63) is 34.3 Å². The number of carbonyl (C=O) groups excluding carboxylic acids is 3. The first kappa shape index (κ1) is 16.5. The predicted molar refractivity (Wildman–Crippen MR) is 84.0 cm³/mol. The summed E-state index contributed by atoms with van der Waals surface area (Å²) in [6.45, 7) is 2.81. The van der Waals surface area contributed by atoms with Crippen LogP contribution < -0.4 is 5.32 Å². The van der Waals surface area contributed by atoms with E-state index in [-0.39, 0.29) is 30.7 Å². The van der Waals surface area contributed by atoms with Crippen molar-refractivity contribution in [2.24, 2.45) is 0 Å². The van der Waals surface area contributed by atoms with E-state index < -0.39 is 0 Å². The number of benzene rings is 1. The van der Waals surface area contributed by atoms with Crippen molar-refractivity contribution in [1.29, 1.82) is 0 Å². The van der Waals surface area contributed by atoms with Gasteiger partial charge in [0, 0.05) is 24.5 Å². The Morgan fingerprint density at radius 1 is 1.18 bits per heavy atom. The van der Waals surface area contributed by atoms with Gasteiger partial charge in [-0.25, -0.2) is 0 Å². The zero-order valence-corrected chi connectivity index (χ0v) is 13.3. The first-order valence-corrected chi connectivity index (χ1v) is 7.85. The highest BCUT2D eigenvalue weighted by Gasteiger charge is 2.35. The zero-order chi connectivity index (χ0) is 16.1. The summed E-state index contributed by atoms with van der Waals surface area (Å²) in [5.74, 6) is -0.901. The summed E-state index contributed by atoms with van der Waals surface area (Å²) in [5.41, 5.74) is 0.651. The van der Waals surface area contributed by atoms with E-state index in [1.807, 2.05) is 0 Å². The molecule has 1 N–H and O–H groups in total. The molecule has 0 aliphatic carbocycles.